The van der Waals surface area contributed by atoms with Crippen LogP contribution in [-0.2, 0) is 7.05 Å². The van der Waals surface area contributed by atoms with E-state index in [0.29, 0.717) is 12.6 Å². The van der Waals surface area contributed by atoms with Crippen LogP contribution < -0.4 is 10.1 Å². The molecule has 0 aliphatic rings. The van der Waals surface area contributed by atoms with Crippen molar-refractivity contribution in [1.82, 2.24) is 20.1 Å². The van der Waals surface area contributed by atoms with E-state index in [1.807, 2.05) is 14.1 Å². The van der Waals surface area contributed by atoms with E-state index in [9.17, 15) is 0 Å². The number of hydrogen-bond donors (Lipinski definition) is 1. The van der Waals surface area contributed by atoms with E-state index in [1.54, 1.807) is 11.0 Å². The molecule has 0 radical (unpaired) electrons. The van der Waals surface area contributed by atoms with E-state index in [2.05, 4.69) is 15.4 Å². The van der Waals surface area contributed by atoms with Crippen molar-refractivity contribution in [2.45, 2.75) is 12.8 Å². The Balaban J connectivity index is 2.06. The molecular formula is C8H16N4O. The Bertz CT molecular complexity index is 236. The van der Waals surface area contributed by atoms with Crippen LogP contribution in [0, 0.1) is 0 Å². The number of ether oxygens (including phenoxy) is 1. The minimum atomic E-state index is 0.465. The number of rotatable bonds is 6. The molecule has 0 aliphatic heterocycles. The number of aryl methyl sites for hydroxylation is 1. The molecule has 1 heterocycles. The Labute approximate surface area is 78.1 Å². The lowest BCUT2D eigenvalue weighted by Gasteiger charge is -2.00. The van der Waals surface area contributed by atoms with Crippen LogP contribution >= 0.6 is 0 Å². The summed E-state index contributed by atoms with van der Waals surface area (Å²) in [5.41, 5.74) is 0. The normalized spacial score (nSPS) is 10.3. The zero-order chi connectivity index (χ0) is 9.52. The lowest BCUT2D eigenvalue weighted by molar-refractivity contribution is 0.282. The molecule has 0 spiro atoms. The molecule has 5 heteroatoms. The Hall–Kier alpha value is -1.10. The summed E-state index contributed by atoms with van der Waals surface area (Å²) in [6, 6.07) is 0.465. The van der Waals surface area contributed by atoms with E-state index in [0.717, 1.165) is 19.4 Å². The summed E-state index contributed by atoms with van der Waals surface area (Å²) in [5, 5.41) is 7.08. The predicted molar refractivity (Wildman–Crippen MR) is 49.7 cm³/mol. The maximum absolute atomic E-state index is 5.30. The number of unbranched alkanes of at least 4 members (excludes halogenated alkanes) is 1. The summed E-state index contributed by atoms with van der Waals surface area (Å²) in [7, 11) is 3.77. The predicted octanol–water partition coefficient (Wildman–Crippen LogP) is 0.193. The number of nitrogens with zero attached hydrogens (tertiary/aromatic N) is 3. The van der Waals surface area contributed by atoms with Gasteiger partial charge in [0.05, 0.1) is 6.61 Å². The van der Waals surface area contributed by atoms with E-state index in [4.69, 9.17) is 4.74 Å². The molecule has 0 saturated carbocycles. The van der Waals surface area contributed by atoms with Crippen LogP contribution in [0.4, 0.5) is 0 Å². The highest BCUT2D eigenvalue weighted by Gasteiger charge is 1.97. The highest BCUT2D eigenvalue weighted by Crippen LogP contribution is 1.99. The molecule has 0 bridgehead atoms. The van der Waals surface area contributed by atoms with Crippen LogP contribution in [0.5, 0.6) is 6.01 Å². The third kappa shape index (κ3) is 3.89. The van der Waals surface area contributed by atoms with Crippen molar-refractivity contribution in [3.63, 3.8) is 0 Å². The number of hydrogen-bond acceptors (Lipinski definition) is 4. The monoisotopic (exact) mass is 184 g/mol. The molecule has 0 unspecified atom stereocenters. The lowest BCUT2D eigenvalue weighted by Crippen LogP contribution is -2.09. The average molecular weight is 184 g/mol. The molecule has 1 rings (SSSR count). The third-order valence-corrected chi connectivity index (χ3v) is 1.63. The van der Waals surface area contributed by atoms with E-state index in [1.165, 1.54) is 0 Å². The maximum atomic E-state index is 5.30. The fourth-order valence-corrected chi connectivity index (χ4v) is 0.953. The van der Waals surface area contributed by atoms with Gasteiger partial charge < -0.3 is 10.1 Å². The van der Waals surface area contributed by atoms with Crippen LogP contribution in [-0.4, -0.2) is 35.0 Å². The molecule has 0 amide bonds. The summed E-state index contributed by atoms with van der Waals surface area (Å²) in [6.07, 6.45) is 3.77. The number of nitrogens with one attached hydrogen (secondary N) is 1. The highest BCUT2D eigenvalue weighted by molar-refractivity contribution is 4.86. The van der Waals surface area contributed by atoms with Gasteiger partial charge in [-0.1, -0.05) is 0 Å². The lowest BCUT2D eigenvalue weighted by atomic mass is 10.3. The minimum Gasteiger partial charge on any atom is -0.462 e. The molecule has 0 aliphatic carbocycles. The fourth-order valence-electron chi connectivity index (χ4n) is 0.953. The van der Waals surface area contributed by atoms with Gasteiger partial charge >= 0.3 is 6.01 Å². The molecule has 1 N–H and O–H groups in total. The van der Waals surface area contributed by atoms with Gasteiger partial charge in [-0.05, 0) is 26.4 Å². The Morgan fingerprint density at radius 1 is 1.54 bits per heavy atom. The van der Waals surface area contributed by atoms with E-state index < -0.39 is 0 Å². The summed E-state index contributed by atoms with van der Waals surface area (Å²) in [5.74, 6) is 0. The SMILES string of the molecule is CNCCCCOc1ncn(C)n1. The average Bonchev–Trinajstić information content (AvgIpc) is 2.51. The first-order valence-electron chi connectivity index (χ1n) is 4.46. The van der Waals surface area contributed by atoms with Gasteiger partial charge in [0, 0.05) is 7.05 Å². The quantitative estimate of drug-likeness (QED) is 0.641. The van der Waals surface area contributed by atoms with Crippen molar-refractivity contribution in [1.29, 1.82) is 0 Å². The van der Waals surface area contributed by atoms with Gasteiger partial charge in [-0.2, -0.15) is 4.98 Å². The van der Waals surface area contributed by atoms with Crippen molar-refractivity contribution < 1.29 is 4.74 Å². The first-order valence-corrected chi connectivity index (χ1v) is 4.46. The molecule has 0 fully saturated rings. The van der Waals surface area contributed by atoms with Crippen molar-refractivity contribution in [3.8, 4) is 6.01 Å². The van der Waals surface area contributed by atoms with E-state index in [-0.39, 0.29) is 0 Å². The molecule has 5 nitrogen and oxygen atoms in total. The van der Waals surface area contributed by atoms with Crippen molar-refractivity contribution in [3.05, 3.63) is 6.33 Å². The third-order valence-electron chi connectivity index (χ3n) is 1.63. The van der Waals surface area contributed by atoms with Gasteiger partial charge in [0.25, 0.3) is 0 Å². The summed E-state index contributed by atoms with van der Waals surface area (Å²) in [6.45, 7) is 1.71. The van der Waals surface area contributed by atoms with E-state index >= 15 is 0 Å². The zero-order valence-corrected chi connectivity index (χ0v) is 8.16. The van der Waals surface area contributed by atoms with Crippen molar-refractivity contribution in [2.75, 3.05) is 20.2 Å². The van der Waals surface area contributed by atoms with Crippen LogP contribution in [0.2, 0.25) is 0 Å². The summed E-state index contributed by atoms with van der Waals surface area (Å²) >= 11 is 0. The van der Waals surface area contributed by atoms with Gasteiger partial charge in [-0.15, -0.1) is 5.10 Å². The first-order chi connectivity index (χ1) is 6.33. The second-order valence-corrected chi connectivity index (χ2v) is 2.86. The van der Waals surface area contributed by atoms with Gasteiger partial charge in [0.15, 0.2) is 0 Å². The van der Waals surface area contributed by atoms with Crippen LogP contribution in [0.25, 0.3) is 0 Å². The molecule has 74 valence electrons. The molecule has 1 aromatic heterocycles. The number of aromatic nitrogens is 3. The van der Waals surface area contributed by atoms with Crippen molar-refractivity contribution in [2.24, 2.45) is 7.05 Å². The standard InChI is InChI=1S/C8H16N4O/c1-9-5-3-4-6-13-8-10-7-12(2)11-8/h7,9H,3-6H2,1-2H3. The molecule has 0 saturated heterocycles. The Morgan fingerprint density at radius 2 is 2.38 bits per heavy atom. The zero-order valence-electron chi connectivity index (χ0n) is 8.16. The van der Waals surface area contributed by atoms with Gasteiger partial charge in [-0.25, -0.2) is 0 Å². The highest BCUT2D eigenvalue weighted by atomic mass is 16.5. The first kappa shape index (κ1) is 9.98. The second-order valence-electron chi connectivity index (χ2n) is 2.86. The smallest absolute Gasteiger partial charge is 0.335 e. The van der Waals surface area contributed by atoms with Gasteiger partial charge in [0.2, 0.25) is 0 Å². The molecule has 1 aromatic rings. The van der Waals surface area contributed by atoms with Crippen LogP contribution in [0.15, 0.2) is 6.33 Å². The Kier molecular flexibility index (Phi) is 4.25. The van der Waals surface area contributed by atoms with Crippen LogP contribution in [0.1, 0.15) is 12.8 Å². The fraction of sp³-hybridized carbons (Fsp3) is 0.750. The second kappa shape index (κ2) is 5.53. The van der Waals surface area contributed by atoms with Crippen LogP contribution in [0.3, 0.4) is 0 Å². The maximum Gasteiger partial charge on any atom is 0.335 e. The van der Waals surface area contributed by atoms with Gasteiger partial charge in [-0.3, -0.25) is 4.68 Å². The molecule has 0 aromatic carbocycles. The molecule has 0 atom stereocenters. The van der Waals surface area contributed by atoms with Gasteiger partial charge in [0.1, 0.15) is 6.33 Å². The molecular weight excluding hydrogens is 168 g/mol. The largest absolute Gasteiger partial charge is 0.462 e. The summed E-state index contributed by atoms with van der Waals surface area (Å²) < 4.78 is 6.93. The minimum absolute atomic E-state index is 0.465. The topological polar surface area (TPSA) is 52.0 Å². The van der Waals surface area contributed by atoms with Crippen molar-refractivity contribution >= 4 is 0 Å². The summed E-state index contributed by atoms with van der Waals surface area (Å²) in [4.78, 5) is 3.95. The molecule has 13 heavy (non-hydrogen) atoms. The Morgan fingerprint density at radius 3 is 3.00 bits per heavy atom.